The summed E-state index contributed by atoms with van der Waals surface area (Å²) in [5.41, 5.74) is 1.02. The van der Waals surface area contributed by atoms with E-state index in [0.29, 0.717) is 6.42 Å². The zero-order valence-corrected chi connectivity index (χ0v) is 17.1. The van der Waals surface area contributed by atoms with Gasteiger partial charge < -0.3 is 9.47 Å². The average Bonchev–Trinajstić information content (AvgIpc) is 2.67. The molecule has 1 atom stereocenters. The van der Waals surface area contributed by atoms with Crippen molar-refractivity contribution in [2.24, 2.45) is 0 Å². The van der Waals surface area contributed by atoms with Gasteiger partial charge in [0.15, 0.2) is 6.29 Å². The fraction of sp³-hybridized carbons (Fsp3) is 0.619. The molecule has 1 aliphatic heterocycles. The lowest BCUT2D eigenvalue weighted by Crippen LogP contribution is -2.22. The number of hydrogen-bond donors (Lipinski definition) is 0. The summed E-state index contributed by atoms with van der Waals surface area (Å²) in [4.78, 5) is 0.206. The lowest BCUT2D eigenvalue weighted by atomic mass is 10.2. The van der Waals surface area contributed by atoms with Gasteiger partial charge in [0, 0.05) is 13.2 Å². The van der Waals surface area contributed by atoms with E-state index in [1.54, 1.807) is 24.3 Å². The zero-order chi connectivity index (χ0) is 19.4. The Balaban J connectivity index is 1.47. The first kappa shape index (κ1) is 22.1. The summed E-state index contributed by atoms with van der Waals surface area (Å²) in [6, 6.07) is 6.68. The molecule has 0 saturated carbocycles. The third kappa shape index (κ3) is 9.02. The zero-order valence-electron chi connectivity index (χ0n) is 16.3. The van der Waals surface area contributed by atoms with Crippen molar-refractivity contribution in [2.45, 2.75) is 69.5 Å². The van der Waals surface area contributed by atoms with Crippen molar-refractivity contribution in [3.8, 4) is 0 Å². The molecule has 152 valence electrons. The minimum atomic E-state index is -3.65. The Morgan fingerprint density at radius 2 is 1.81 bits per heavy atom. The molecule has 1 aliphatic rings. The lowest BCUT2D eigenvalue weighted by molar-refractivity contribution is -0.162. The van der Waals surface area contributed by atoms with E-state index in [1.165, 1.54) is 6.42 Å². The van der Waals surface area contributed by atoms with Crippen LogP contribution in [0.3, 0.4) is 0 Å². The van der Waals surface area contributed by atoms with Gasteiger partial charge in [0.2, 0.25) is 0 Å². The van der Waals surface area contributed by atoms with Gasteiger partial charge in [-0.3, -0.25) is 4.18 Å². The van der Waals surface area contributed by atoms with Crippen molar-refractivity contribution in [1.29, 1.82) is 0 Å². The number of unbranched alkanes of at least 4 members (excludes halogenated alkanes) is 3. The Hall–Kier alpha value is -1.21. The molecule has 1 unspecified atom stereocenters. The van der Waals surface area contributed by atoms with E-state index >= 15 is 0 Å². The van der Waals surface area contributed by atoms with Crippen molar-refractivity contribution in [1.82, 2.24) is 0 Å². The number of rotatable bonds is 12. The largest absolute Gasteiger partial charge is 0.353 e. The smallest absolute Gasteiger partial charge is 0.296 e. The normalized spacial score (nSPS) is 18.2. The molecule has 1 aromatic carbocycles. The predicted molar refractivity (Wildman–Crippen MR) is 106 cm³/mol. The van der Waals surface area contributed by atoms with Crippen LogP contribution < -0.4 is 0 Å². The van der Waals surface area contributed by atoms with Crippen molar-refractivity contribution in [3.05, 3.63) is 42.0 Å². The summed E-state index contributed by atoms with van der Waals surface area (Å²) in [5.74, 6) is 0. The minimum Gasteiger partial charge on any atom is -0.353 e. The van der Waals surface area contributed by atoms with Gasteiger partial charge in [-0.25, -0.2) is 0 Å². The molecule has 6 heteroatoms. The second kappa shape index (κ2) is 12.3. The summed E-state index contributed by atoms with van der Waals surface area (Å²) >= 11 is 0. The van der Waals surface area contributed by atoms with Crippen LogP contribution in [0.5, 0.6) is 0 Å². The molecule has 0 bridgehead atoms. The van der Waals surface area contributed by atoms with Crippen LogP contribution in [0.15, 0.2) is 41.3 Å². The first-order valence-electron chi connectivity index (χ1n) is 9.92. The van der Waals surface area contributed by atoms with Crippen LogP contribution in [-0.2, 0) is 23.8 Å². The van der Waals surface area contributed by atoms with E-state index < -0.39 is 10.1 Å². The summed E-state index contributed by atoms with van der Waals surface area (Å²) < 4.78 is 40.4. The fourth-order valence-electron chi connectivity index (χ4n) is 2.83. The molecule has 0 N–H and O–H groups in total. The van der Waals surface area contributed by atoms with Crippen molar-refractivity contribution in [2.75, 3.05) is 19.8 Å². The summed E-state index contributed by atoms with van der Waals surface area (Å²) in [5, 5.41) is 0. The Kier molecular flexibility index (Phi) is 10.1. The van der Waals surface area contributed by atoms with E-state index in [1.807, 2.05) is 13.0 Å². The molecule has 27 heavy (non-hydrogen) atoms. The van der Waals surface area contributed by atoms with Crippen molar-refractivity contribution in [3.63, 3.8) is 0 Å². The second-order valence-electron chi connectivity index (χ2n) is 6.87. The van der Waals surface area contributed by atoms with E-state index in [4.69, 9.17) is 13.7 Å². The molecule has 2 rings (SSSR count). The van der Waals surface area contributed by atoms with Crippen LogP contribution in [0.4, 0.5) is 0 Å². The maximum Gasteiger partial charge on any atom is 0.296 e. The van der Waals surface area contributed by atoms with E-state index in [-0.39, 0.29) is 17.8 Å². The molecule has 0 radical (unpaired) electrons. The fourth-order valence-corrected chi connectivity index (χ4v) is 3.75. The highest BCUT2D eigenvalue weighted by molar-refractivity contribution is 7.86. The number of benzene rings is 1. The van der Waals surface area contributed by atoms with Gasteiger partial charge in [-0.05, 0) is 64.0 Å². The summed E-state index contributed by atoms with van der Waals surface area (Å²) in [6.07, 6.45) is 12.3. The number of ether oxygens (including phenoxy) is 2. The van der Waals surface area contributed by atoms with Crippen LogP contribution in [0.1, 0.15) is 56.9 Å². The Labute approximate surface area is 163 Å². The number of hydrogen-bond acceptors (Lipinski definition) is 5. The van der Waals surface area contributed by atoms with Crippen LogP contribution in [0.2, 0.25) is 0 Å². The van der Waals surface area contributed by atoms with Gasteiger partial charge in [0.05, 0.1) is 11.5 Å². The minimum absolute atomic E-state index is 0.00911. The standard InChI is InChI=1S/C21H32O5S/c1-19-12-14-20(15-13-19)27(22,23)26-18-9-6-4-2-3-5-8-16-24-21-11-7-10-17-25-21/h4,6,12-15,21H,2-3,5,7-11,16-18H2,1H3/b6-4+. The molecule has 1 aromatic rings. The molecule has 0 aromatic heterocycles. The second-order valence-corrected chi connectivity index (χ2v) is 8.48. The van der Waals surface area contributed by atoms with Gasteiger partial charge >= 0.3 is 0 Å². The molecular weight excluding hydrogens is 364 g/mol. The molecule has 5 nitrogen and oxygen atoms in total. The topological polar surface area (TPSA) is 61.8 Å². The van der Waals surface area contributed by atoms with Gasteiger partial charge in [0.25, 0.3) is 10.1 Å². The highest BCUT2D eigenvalue weighted by Gasteiger charge is 2.14. The third-order valence-corrected chi connectivity index (χ3v) is 5.78. The first-order valence-corrected chi connectivity index (χ1v) is 11.3. The van der Waals surface area contributed by atoms with Crippen LogP contribution in [0, 0.1) is 6.92 Å². The monoisotopic (exact) mass is 396 g/mol. The Morgan fingerprint density at radius 3 is 2.56 bits per heavy atom. The number of aryl methyl sites for hydroxylation is 1. The van der Waals surface area contributed by atoms with E-state index in [2.05, 4.69) is 6.08 Å². The molecular formula is C21H32O5S. The third-order valence-electron chi connectivity index (χ3n) is 4.46. The van der Waals surface area contributed by atoms with Gasteiger partial charge in [-0.15, -0.1) is 0 Å². The summed E-state index contributed by atoms with van der Waals surface area (Å²) in [7, 11) is -3.65. The SMILES string of the molecule is Cc1ccc(S(=O)(=O)OCC/C=C/CCCCCOC2CCCCO2)cc1. The molecule has 0 spiro atoms. The van der Waals surface area contributed by atoms with Gasteiger partial charge in [-0.1, -0.05) is 36.3 Å². The van der Waals surface area contributed by atoms with E-state index in [0.717, 1.165) is 57.3 Å². The van der Waals surface area contributed by atoms with Gasteiger partial charge in [0.1, 0.15) is 0 Å². The van der Waals surface area contributed by atoms with Gasteiger partial charge in [-0.2, -0.15) is 8.42 Å². The highest BCUT2D eigenvalue weighted by Crippen LogP contribution is 2.15. The molecule has 1 fully saturated rings. The lowest BCUT2D eigenvalue weighted by Gasteiger charge is -2.22. The van der Waals surface area contributed by atoms with Crippen LogP contribution in [-0.4, -0.2) is 34.5 Å². The van der Waals surface area contributed by atoms with Crippen molar-refractivity contribution >= 4 is 10.1 Å². The molecule has 1 saturated heterocycles. The highest BCUT2D eigenvalue weighted by atomic mass is 32.2. The molecule has 1 heterocycles. The number of allylic oxidation sites excluding steroid dienone is 1. The molecule has 0 aliphatic carbocycles. The quantitative estimate of drug-likeness (QED) is 0.290. The first-order chi connectivity index (χ1) is 13.1. The summed E-state index contributed by atoms with van der Waals surface area (Å²) in [6.45, 7) is 3.67. The average molecular weight is 397 g/mol. The van der Waals surface area contributed by atoms with Crippen LogP contribution in [0.25, 0.3) is 0 Å². The Bertz CT molecular complexity index is 646. The van der Waals surface area contributed by atoms with Crippen LogP contribution >= 0.6 is 0 Å². The maximum atomic E-state index is 12.0. The Morgan fingerprint density at radius 1 is 1.04 bits per heavy atom. The maximum absolute atomic E-state index is 12.0. The van der Waals surface area contributed by atoms with Crippen molar-refractivity contribution < 1.29 is 22.1 Å². The predicted octanol–water partition coefficient (Wildman–Crippen LogP) is 4.75. The molecule has 0 amide bonds. The van der Waals surface area contributed by atoms with E-state index in [9.17, 15) is 8.42 Å².